The number of hydrogen-bond acceptors (Lipinski definition) is 6. The maximum Gasteiger partial charge on any atom is 0.322 e. The number of aromatic nitrogens is 2. The van der Waals surface area contributed by atoms with Crippen molar-refractivity contribution in [2.75, 3.05) is 11.6 Å². The van der Waals surface area contributed by atoms with Crippen LogP contribution in [0.5, 0.6) is 0 Å². The Kier molecular flexibility index (Phi) is 4.71. The number of carbonyl (C=O) groups excluding carboxylic acids is 1. The Labute approximate surface area is 143 Å². The standard InChI is InChI=1S/C17H17N3O3S/c1-10-8-14(11(2)22-10)16(21)18-17-20-19-15(23-17)9-12-4-6-13(24-3)7-5-12/h4-8H,9H2,1-3H3,(H,18,20,21). The van der Waals surface area contributed by atoms with Crippen molar-refractivity contribution in [2.45, 2.75) is 25.2 Å². The molecule has 1 amide bonds. The number of amides is 1. The minimum Gasteiger partial charge on any atom is -0.466 e. The van der Waals surface area contributed by atoms with E-state index in [-0.39, 0.29) is 11.9 Å². The van der Waals surface area contributed by atoms with Gasteiger partial charge in [0.1, 0.15) is 11.5 Å². The van der Waals surface area contributed by atoms with Crippen LogP contribution in [0.1, 0.15) is 33.3 Å². The Morgan fingerprint density at radius 3 is 2.54 bits per heavy atom. The highest BCUT2D eigenvalue weighted by atomic mass is 32.2. The molecule has 0 fully saturated rings. The number of hydrogen-bond donors (Lipinski definition) is 1. The van der Waals surface area contributed by atoms with E-state index < -0.39 is 0 Å². The van der Waals surface area contributed by atoms with Gasteiger partial charge in [0.05, 0.1) is 12.0 Å². The zero-order chi connectivity index (χ0) is 17.1. The molecule has 1 N–H and O–H groups in total. The number of thioether (sulfide) groups is 1. The quantitative estimate of drug-likeness (QED) is 0.709. The van der Waals surface area contributed by atoms with Crippen LogP contribution >= 0.6 is 11.8 Å². The molecule has 0 saturated carbocycles. The van der Waals surface area contributed by atoms with Crippen LogP contribution in [0.25, 0.3) is 0 Å². The fourth-order valence-corrected chi connectivity index (χ4v) is 2.72. The number of furan rings is 1. The number of nitrogens with one attached hydrogen (secondary N) is 1. The second-order valence-electron chi connectivity index (χ2n) is 5.31. The topological polar surface area (TPSA) is 81.2 Å². The molecule has 2 aromatic heterocycles. The molecule has 0 radical (unpaired) electrons. The number of nitrogens with zero attached hydrogens (tertiary/aromatic N) is 2. The lowest BCUT2D eigenvalue weighted by molar-refractivity contribution is 0.102. The molecule has 3 aromatic rings. The number of anilines is 1. The van der Waals surface area contributed by atoms with Gasteiger partial charge >= 0.3 is 6.01 Å². The fraction of sp³-hybridized carbons (Fsp3) is 0.235. The normalized spacial score (nSPS) is 10.8. The fourth-order valence-electron chi connectivity index (χ4n) is 2.31. The van der Waals surface area contributed by atoms with Gasteiger partial charge in [-0.15, -0.1) is 16.9 Å². The highest BCUT2D eigenvalue weighted by Crippen LogP contribution is 2.18. The summed E-state index contributed by atoms with van der Waals surface area (Å²) in [5.74, 6) is 1.35. The molecule has 0 aliphatic carbocycles. The second kappa shape index (κ2) is 6.92. The van der Waals surface area contributed by atoms with E-state index in [1.54, 1.807) is 31.7 Å². The average Bonchev–Trinajstić information content (AvgIpc) is 3.14. The van der Waals surface area contributed by atoms with E-state index in [1.165, 1.54) is 4.90 Å². The van der Waals surface area contributed by atoms with Crippen LogP contribution in [-0.4, -0.2) is 22.4 Å². The molecule has 24 heavy (non-hydrogen) atoms. The highest BCUT2D eigenvalue weighted by molar-refractivity contribution is 7.98. The summed E-state index contributed by atoms with van der Waals surface area (Å²) >= 11 is 1.69. The minimum absolute atomic E-state index is 0.0778. The summed E-state index contributed by atoms with van der Waals surface area (Å²) in [5.41, 5.74) is 1.52. The van der Waals surface area contributed by atoms with Gasteiger partial charge in [0.15, 0.2) is 0 Å². The zero-order valence-electron chi connectivity index (χ0n) is 13.6. The smallest absolute Gasteiger partial charge is 0.322 e. The maximum absolute atomic E-state index is 12.2. The molecule has 0 unspecified atom stereocenters. The third-order valence-electron chi connectivity index (χ3n) is 3.49. The lowest BCUT2D eigenvalue weighted by Gasteiger charge is -2.00. The molecular weight excluding hydrogens is 326 g/mol. The van der Waals surface area contributed by atoms with Crippen LogP contribution in [0.2, 0.25) is 0 Å². The SMILES string of the molecule is CSc1ccc(Cc2nnc(NC(=O)c3cc(C)oc3C)o2)cc1. The summed E-state index contributed by atoms with van der Waals surface area (Å²) in [7, 11) is 0. The number of benzene rings is 1. The van der Waals surface area contributed by atoms with Crippen LogP contribution in [0, 0.1) is 13.8 Å². The van der Waals surface area contributed by atoms with Gasteiger partial charge in [-0.05, 0) is 43.9 Å². The third kappa shape index (κ3) is 3.68. The van der Waals surface area contributed by atoms with Crippen molar-refractivity contribution >= 4 is 23.7 Å². The van der Waals surface area contributed by atoms with Gasteiger partial charge in [-0.2, -0.15) is 0 Å². The van der Waals surface area contributed by atoms with E-state index >= 15 is 0 Å². The molecule has 124 valence electrons. The summed E-state index contributed by atoms with van der Waals surface area (Å²) < 4.78 is 10.8. The predicted octanol–water partition coefficient (Wildman–Crippen LogP) is 3.84. The largest absolute Gasteiger partial charge is 0.466 e. The predicted molar refractivity (Wildman–Crippen MR) is 91.5 cm³/mol. The summed E-state index contributed by atoms with van der Waals surface area (Å²) in [6, 6.07) is 9.88. The van der Waals surface area contributed by atoms with Gasteiger partial charge < -0.3 is 8.83 Å². The second-order valence-corrected chi connectivity index (χ2v) is 6.19. The van der Waals surface area contributed by atoms with Crippen LogP contribution in [0.4, 0.5) is 6.01 Å². The van der Waals surface area contributed by atoms with Gasteiger partial charge in [0.25, 0.3) is 5.91 Å². The van der Waals surface area contributed by atoms with Crippen molar-refractivity contribution < 1.29 is 13.6 Å². The monoisotopic (exact) mass is 343 g/mol. The first-order valence-corrected chi connectivity index (χ1v) is 8.61. The van der Waals surface area contributed by atoms with Crippen LogP contribution in [-0.2, 0) is 6.42 Å². The molecule has 6 nitrogen and oxygen atoms in total. The first-order chi connectivity index (χ1) is 11.5. The van der Waals surface area contributed by atoms with Gasteiger partial charge in [-0.1, -0.05) is 17.2 Å². The van der Waals surface area contributed by atoms with Crippen molar-refractivity contribution in [3.8, 4) is 0 Å². The van der Waals surface area contributed by atoms with Gasteiger partial charge in [0.2, 0.25) is 5.89 Å². The Hall–Kier alpha value is -2.54. The highest BCUT2D eigenvalue weighted by Gasteiger charge is 2.16. The first kappa shape index (κ1) is 16.3. The van der Waals surface area contributed by atoms with Crippen molar-refractivity contribution in [3.63, 3.8) is 0 Å². The Balaban J connectivity index is 1.66. The summed E-state index contributed by atoms with van der Waals surface area (Å²) in [6.45, 7) is 3.52. The van der Waals surface area contributed by atoms with Crippen LogP contribution < -0.4 is 5.32 Å². The average molecular weight is 343 g/mol. The summed E-state index contributed by atoms with van der Waals surface area (Å²) in [6.07, 6.45) is 2.55. The Morgan fingerprint density at radius 2 is 1.92 bits per heavy atom. The first-order valence-electron chi connectivity index (χ1n) is 7.39. The molecular formula is C17H17N3O3S. The van der Waals surface area contributed by atoms with E-state index in [2.05, 4.69) is 15.5 Å². The van der Waals surface area contributed by atoms with Crippen molar-refractivity contribution in [3.05, 3.63) is 58.9 Å². The van der Waals surface area contributed by atoms with E-state index in [9.17, 15) is 4.79 Å². The number of rotatable bonds is 5. The van der Waals surface area contributed by atoms with Crippen molar-refractivity contribution in [1.29, 1.82) is 0 Å². The van der Waals surface area contributed by atoms with Gasteiger partial charge in [0, 0.05) is 4.90 Å². The Morgan fingerprint density at radius 1 is 1.17 bits per heavy atom. The molecule has 3 rings (SSSR count). The molecule has 0 atom stereocenters. The number of aryl methyl sites for hydroxylation is 2. The van der Waals surface area contributed by atoms with Gasteiger partial charge in [-0.25, -0.2) is 0 Å². The Bertz CT molecular complexity index is 852. The molecule has 7 heteroatoms. The van der Waals surface area contributed by atoms with E-state index in [1.807, 2.05) is 30.5 Å². The summed E-state index contributed by atoms with van der Waals surface area (Å²) in [5, 5.41) is 10.4. The van der Waals surface area contributed by atoms with E-state index in [0.29, 0.717) is 29.4 Å². The molecule has 0 aliphatic rings. The minimum atomic E-state index is -0.330. The van der Waals surface area contributed by atoms with E-state index in [4.69, 9.17) is 8.83 Å². The number of carbonyl (C=O) groups is 1. The maximum atomic E-state index is 12.2. The molecule has 0 aliphatic heterocycles. The van der Waals surface area contributed by atoms with Crippen molar-refractivity contribution in [2.24, 2.45) is 0 Å². The van der Waals surface area contributed by atoms with Crippen LogP contribution in [0.3, 0.4) is 0 Å². The lowest BCUT2D eigenvalue weighted by Crippen LogP contribution is -2.12. The molecule has 0 spiro atoms. The summed E-state index contributed by atoms with van der Waals surface area (Å²) in [4.78, 5) is 13.4. The third-order valence-corrected chi connectivity index (χ3v) is 4.23. The van der Waals surface area contributed by atoms with Gasteiger partial charge in [-0.3, -0.25) is 10.1 Å². The molecule has 2 heterocycles. The van der Waals surface area contributed by atoms with Crippen LogP contribution in [0.15, 0.2) is 44.1 Å². The zero-order valence-corrected chi connectivity index (χ0v) is 14.4. The van der Waals surface area contributed by atoms with E-state index in [0.717, 1.165) is 5.56 Å². The molecule has 0 bridgehead atoms. The molecule has 1 aromatic carbocycles. The lowest BCUT2D eigenvalue weighted by atomic mass is 10.1. The van der Waals surface area contributed by atoms with Crippen molar-refractivity contribution in [1.82, 2.24) is 10.2 Å². The molecule has 0 saturated heterocycles.